The van der Waals surface area contributed by atoms with E-state index in [1.807, 2.05) is 30.3 Å². The molecule has 7 heteroatoms. The normalized spacial score (nSPS) is 15.0. The summed E-state index contributed by atoms with van der Waals surface area (Å²) in [6.07, 6.45) is 1.79. The van der Waals surface area contributed by atoms with Gasteiger partial charge in [-0.1, -0.05) is 77.4 Å². The monoisotopic (exact) mass is 445 g/mol. The van der Waals surface area contributed by atoms with Crippen molar-refractivity contribution in [1.82, 2.24) is 5.32 Å². The van der Waals surface area contributed by atoms with Crippen LogP contribution in [0.4, 0.5) is 5.69 Å². The largest absolute Gasteiger partial charge is 0.410 e. The summed E-state index contributed by atoms with van der Waals surface area (Å²) >= 11 is 6.03. The summed E-state index contributed by atoms with van der Waals surface area (Å²) in [7, 11) is 0. The van der Waals surface area contributed by atoms with Gasteiger partial charge in [-0.3, -0.25) is 9.59 Å². The van der Waals surface area contributed by atoms with Crippen LogP contribution >= 0.6 is 11.6 Å². The molecule has 160 valence electrons. The van der Waals surface area contributed by atoms with Crippen LogP contribution in [0.25, 0.3) is 0 Å². The fourth-order valence-corrected chi connectivity index (χ4v) is 3.75. The number of fused-ring (bicyclic) bond motifs is 1. The average Bonchev–Trinajstić information content (AvgIpc) is 2.81. The highest BCUT2D eigenvalue weighted by molar-refractivity contribution is 6.31. The quantitative estimate of drug-likeness (QED) is 0.386. The fraction of sp³-hybridized carbons (Fsp3) is 0.0800. The van der Waals surface area contributed by atoms with Crippen molar-refractivity contribution in [3.8, 4) is 0 Å². The lowest BCUT2D eigenvalue weighted by Crippen LogP contribution is -2.44. The topological polar surface area (TPSA) is 90.8 Å². The Hall–Kier alpha value is -3.90. The molecule has 6 nitrogen and oxygen atoms in total. The number of Topliss-reactive ketones (excluding diaryl/α,β-unsaturated/α-hetero) is 1. The van der Waals surface area contributed by atoms with Crippen LogP contribution < -0.4 is 10.6 Å². The number of hydrogen-bond donors (Lipinski definition) is 3. The van der Waals surface area contributed by atoms with Crippen LogP contribution in [0.5, 0.6) is 0 Å². The summed E-state index contributed by atoms with van der Waals surface area (Å²) in [6.45, 7) is 0. The van der Waals surface area contributed by atoms with Crippen LogP contribution in [0.1, 0.15) is 21.5 Å². The van der Waals surface area contributed by atoms with Crippen LogP contribution in [0.3, 0.4) is 0 Å². The second kappa shape index (κ2) is 9.49. The maximum atomic E-state index is 13.2. The minimum absolute atomic E-state index is 0.179. The van der Waals surface area contributed by atoms with Crippen molar-refractivity contribution in [2.24, 2.45) is 5.16 Å². The van der Waals surface area contributed by atoms with Crippen molar-refractivity contribution in [2.75, 3.05) is 5.32 Å². The Labute approximate surface area is 190 Å². The van der Waals surface area contributed by atoms with E-state index >= 15 is 0 Å². The Morgan fingerprint density at radius 2 is 1.69 bits per heavy atom. The molecule has 1 atom stereocenters. The number of amides is 1. The van der Waals surface area contributed by atoms with Gasteiger partial charge in [0.15, 0.2) is 0 Å². The Kier molecular flexibility index (Phi) is 6.33. The van der Waals surface area contributed by atoms with E-state index in [1.165, 1.54) is 6.08 Å². The van der Waals surface area contributed by atoms with E-state index in [4.69, 9.17) is 11.6 Å². The molecule has 3 N–H and O–H groups in total. The number of allylic oxidation sites excluding steroid dienone is 2. The summed E-state index contributed by atoms with van der Waals surface area (Å²) < 4.78 is 0. The van der Waals surface area contributed by atoms with Gasteiger partial charge in [0.05, 0.1) is 5.70 Å². The third-order valence-electron chi connectivity index (χ3n) is 5.10. The molecule has 1 aliphatic rings. The maximum absolute atomic E-state index is 13.2. The van der Waals surface area contributed by atoms with Crippen molar-refractivity contribution >= 4 is 34.7 Å². The number of hydrogen-bond acceptors (Lipinski definition) is 5. The number of benzene rings is 3. The zero-order valence-electron chi connectivity index (χ0n) is 17.0. The molecule has 0 heterocycles. The Morgan fingerprint density at radius 3 is 2.41 bits per heavy atom. The minimum Gasteiger partial charge on any atom is -0.410 e. The van der Waals surface area contributed by atoms with Gasteiger partial charge in [-0.2, -0.15) is 0 Å². The number of carbonyl (C=O) groups is 2. The SMILES string of the molecule is O=C1C(N[C@H](Cc2ccccc2)C(=O)Nc2cccc(Cl)c2)=C/C(=N/O)c2ccccc21. The van der Waals surface area contributed by atoms with Crippen LogP contribution in [-0.4, -0.2) is 28.7 Å². The van der Waals surface area contributed by atoms with Crippen molar-refractivity contribution in [2.45, 2.75) is 12.5 Å². The lowest BCUT2D eigenvalue weighted by atomic mass is 9.91. The van der Waals surface area contributed by atoms with E-state index in [-0.39, 0.29) is 23.1 Å². The first-order valence-electron chi connectivity index (χ1n) is 10.00. The van der Waals surface area contributed by atoms with E-state index in [1.54, 1.807) is 48.5 Å². The molecule has 3 aromatic rings. The lowest BCUT2D eigenvalue weighted by Gasteiger charge is -2.24. The summed E-state index contributed by atoms with van der Waals surface area (Å²) in [4.78, 5) is 26.2. The first-order valence-corrected chi connectivity index (χ1v) is 10.4. The van der Waals surface area contributed by atoms with Gasteiger partial charge in [-0.15, -0.1) is 0 Å². The highest BCUT2D eigenvalue weighted by Gasteiger charge is 2.28. The van der Waals surface area contributed by atoms with Crippen LogP contribution in [0, 0.1) is 0 Å². The molecule has 0 bridgehead atoms. The highest BCUT2D eigenvalue weighted by Crippen LogP contribution is 2.22. The smallest absolute Gasteiger partial charge is 0.247 e. The van der Waals surface area contributed by atoms with E-state index in [9.17, 15) is 14.8 Å². The number of carbonyl (C=O) groups excluding carboxylic acids is 2. The zero-order valence-corrected chi connectivity index (χ0v) is 17.7. The number of ketones is 1. The third kappa shape index (κ3) is 4.71. The van der Waals surface area contributed by atoms with Crippen molar-refractivity contribution in [3.63, 3.8) is 0 Å². The number of nitrogens with one attached hydrogen (secondary N) is 2. The minimum atomic E-state index is -0.767. The molecule has 4 rings (SSSR count). The summed E-state index contributed by atoms with van der Waals surface area (Å²) in [5.41, 5.74) is 2.84. The molecule has 0 saturated carbocycles. The van der Waals surface area contributed by atoms with Gasteiger partial charge in [-0.25, -0.2) is 0 Å². The molecule has 0 spiro atoms. The summed E-state index contributed by atoms with van der Waals surface area (Å²) in [6, 6.07) is 22.4. The number of anilines is 1. The molecule has 0 fully saturated rings. The molecule has 0 radical (unpaired) electrons. The maximum Gasteiger partial charge on any atom is 0.247 e. The molecule has 3 aromatic carbocycles. The average molecular weight is 446 g/mol. The van der Waals surface area contributed by atoms with Gasteiger partial charge in [-0.05, 0) is 29.8 Å². The number of nitrogens with zero attached hydrogens (tertiary/aromatic N) is 1. The van der Waals surface area contributed by atoms with Crippen molar-refractivity contribution < 1.29 is 14.8 Å². The number of halogens is 1. The van der Waals surface area contributed by atoms with Crippen molar-refractivity contribution in [3.05, 3.63) is 112 Å². The summed E-state index contributed by atoms with van der Waals surface area (Å²) in [5.74, 6) is -0.604. The molecular formula is C25H20ClN3O3. The van der Waals surface area contributed by atoms with Gasteiger partial charge in [0.1, 0.15) is 11.8 Å². The van der Waals surface area contributed by atoms with Crippen LogP contribution in [0.15, 0.2) is 95.8 Å². The lowest BCUT2D eigenvalue weighted by molar-refractivity contribution is -0.117. The van der Waals surface area contributed by atoms with E-state index in [0.29, 0.717) is 28.3 Å². The molecule has 0 aliphatic heterocycles. The molecule has 0 aromatic heterocycles. The second-order valence-corrected chi connectivity index (χ2v) is 7.74. The number of rotatable bonds is 6. The second-order valence-electron chi connectivity index (χ2n) is 7.30. The zero-order chi connectivity index (χ0) is 22.5. The van der Waals surface area contributed by atoms with E-state index in [2.05, 4.69) is 15.8 Å². The molecule has 1 amide bonds. The van der Waals surface area contributed by atoms with Gasteiger partial charge < -0.3 is 15.8 Å². The molecule has 0 unspecified atom stereocenters. The third-order valence-corrected chi connectivity index (χ3v) is 5.34. The first kappa shape index (κ1) is 21.3. The summed E-state index contributed by atoms with van der Waals surface area (Å²) in [5, 5.41) is 19.2. The highest BCUT2D eigenvalue weighted by atomic mass is 35.5. The van der Waals surface area contributed by atoms with Crippen LogP contribution in [0.2, 0.25) is 5.02 Å². The Morgan fingerprint density at radius 1 is 0.969 bits per heavy atom. The molecular weight excluding hydrogens is 426 g/mol. The van der Waals surface area contributed by atoms with Gasteiger partial charge >= 0.3 is 0 Å². The fourth-order valence-electron chi connectivity index (χ4n) is 3.56. The Bertz CT molecular complexity index is 1220. The van der Waals surface area contributed by atoms with Gasteiger partial charge in [0, 0.05) is 28.3 Å². The van der Waals surface area contributed by atoms with Crippen molar-refractivity contribution in [1.29, 1.82) is 0 Å². The van der Waals surface area contributed by atoms with Gasteiger partial charge in [0.25, 0.3) is 0 Å². The number of oxime groups is 1. The predicted molar refractivity (Wildman–Crippen MR) is 124 cm³/mol. The first-order chi connectivity index (χ1) is 15.5. The van der Waals surface area contributed by atoms with E-state index < -0.39 is 6.04 Å². The molecule has 1 aliphatic carbocycles. The standard InChI is InChI=1S/C25H20ClN3O3/c26-17-9-6-10-18(14-17)27-25(31)23(13-16-7-2-1-3-8-16)28-22-15-21(29-32)19-11-4-5-12-20(19)24(22)30/h1-12,14-15,23,28,32H,13H2,(H,27,31)/b29-21-/t23-/m1/s1. The van der Waals surface area contributed by atoms with Crippen LogP contribution in [-0.2, 0) is 11.2 Å². The molecule has 32 heavy (non-hydrogen) atoms. The predicted octanol–water partition coefficient (Wildman–Crippen LogP) is 4.44. The van der Waals surface area contributed by atoms with E-state index in [0.717, 1.165) is 5.56 Å². The Balaban J connectivity index is 1.63. The van der Waals surface area contributed by atoms with Gasteiger partial charge in [0.2, 0.25) is 11.7 Å². The molecule has 0 saturated heterocycles.